The number of anilines is 1. The largest absolute Gasteiger partial charge is 0.493 e. The van der Waals surface area contributed by atoms with E-state index < -0.39 is 0 Å². The highest BCUT2D eigenvalue weighted by Crippen LogP contribution is 2.33. The summed E-state index contributed by atoms with van der Waals surface area (Å²) in [6.45, 7) is 1.90. The topological polar surface area (TPSA) is 73.6 Å². The summed E-state index contributed by atoms with van der Waals surface area (Å²) in [5.74, 6) is 1.06. The van der Waals surface area contributed by atoms with Gasteiger partial charge >= 0.3 is 0 Å². The van der Waals surface area contributed by atoms with Crippen molar-refractivity contribution >= 4 is 24.0 Å². The highest BCUT2D eigenvalue weighted by Gasteiger charge is 2.14. The van der Waals surface area contributed by atoms with Crippen LogP contribution >= 0.6 is 12.4 Å². The fraction of sp³-hybridized carbons (Fsp3) is 0.278. The van der Waals surface area contributed by atoms with Crippen molar-refractivity contribution in [1.82, 2.24) is 0 Å². The van der Waals surface area contributed by atoms with Gasteiger partial charge in [-0.2, -0.15) is 0 Å². The van der Waals surface area contributed by atoms with E-state index in [-0.39, 0.29) is 30.8 Å². The van der Waals surface area contributed by atoms with Gasteiger partial charge in [0.1, 0.15) is 0 Å². The quantitative estimate of drug-likeness (QED) is 0.836. The second kappa shape index (κ2) is 9.15. The van der Waals surface area contributed by atoms with Crippen LogP contribution in [0.25, 0.3) is 0 Å². The molecule has 0 spiro atoms. The maximum atomic E-state index is 12.2. The predicted molar refractivity (Wildman–Crippen MR) is 98.1 cm³/mol. The van der Waals surface area contributed by atoms with Gasteiger partial charge in [-0.15, -0.1) is 12.4 Å². The molecule has 0 bridgehead atoms. The zero-order chi connectivity index (χ0) is 16.8. The lowest BCUT2D eigenvalue weighted by Gasteiger charge is -2.15. The lowest BCUT2D eigenvalue weighted by Crippen LogP contribution is -2.21. The number of carbonyl (C=O) groups is 1. The summed E-state index contributed by atoms with van der Waals surface area (Å²) < 4.78 is 10.5. The Hall–Kier alpha value is -2.24. The molecule has 0 saturated heterocycles. The first-order valence-electron chi connectivity index (χ1n) is 7.38. The summed E-state index contributed by atoms with van der Waals surface area (Å²) in [4.78, 5) is 12.2. The smallest absolute Gasteiger partial charge is 0.226 e. The van der Waals surface area contributed by atoms with Gasteiger partial charge < -0.3 is 20.5 Å². The van der Waals surface area contributed by atoms with Gasteiger partial charge in [-0.25, -0.2) is 0 Å². The number of methoxy groups -OCH3 is 2. The number of rotatable bonds is 6. The Labute approximate surface area is 148 Å². The molecule has 0 aliphatic heterocycles. The number of carbonyl (C=O) groups excluding carboxylic acids is 1. The third-order valence-electron chi connectivity index (χ3n) is 3.64. The monoisotopic (exact) mass is 350 g/mol. The fourth-order valence-electron chi connectivity index (χ4n) is 2.33. The summed E-state index contributed by atoms with van der Waals surface area (Å²) in [6, 6.07) is 12.8. The van der Waals surface area contributed by atoms with E-state index in [2.05, 4.69) is 5.32 Å². The van der Waals surface area contributed by atoms with Gasteiger partial charge in [0.15, 0.2) is 11.5 Å². The third-order valence-corrected chi connectivity index (χ3v) is 3.64. The number of nitrogens with two attached hydrogens (primary N) is 1. The molecule has 24 heavy (non-hydrogen) atoms. The van der Waals surface area contributed by atoms with Crippen molar-refractivity contribution < 1.29 is 14.3 Å². The summed E-state index contributed by atoms with van der Waals surface area (Å²) in [6.07, 6.45) is 0.206. The van der Waals surface area contributed by atoms with Crippen LogP contribution in [0.2, 0.25) is 0 Å². The molecule has 1 unspecified atom stereocenters. The predicted octanol–water partition coefficient (Wildman–Crippen LogP) is 3.46. The van der Waals surface area contributed by atoms with Crippen molar-refractivity contribution in [3.8, 4) is 11.5 Å². The summed E-state index contributed by atoms with van der Waals surface area (Å²) >= 11 is 0. The van der Waals surface area contributed by atoms with Crippen LogP contribution in [0.3, 0.4) is 0 Å². The number of hydrogen-bond acceptors (Lipinski definition) is 4. The Kier molecular flexibility index (Phi) is 7.55. The number of amides is 1. The highest BCUT2D eigenvalue weighted by atomic mass is 35.5. The molecule has 0 aliphatic carbocycles. The van der Waals surface area contributed by atoms with Crippen LogP contribution in [0.15, 0.2) is 42.5 Å². The lowest BCUT2D eigenvalue weighted by molar-refractivity contribution is -0.116. The van der Waals surface area contributed by atoms with Crippen LogP contribution in [0.4, 0.5) is 5.69 Å². The first-order chi connectivity index (χ1) is 11.0. The van der Waals surface area contributed by atoms with Crippen LogP contribution in [-0.4, -0.2) is 20.1 Å². The number of nitrogens with one attached hydrogen (secondary N) is 1. The fourth-order valence-corrected chi connectivity index (χ4v) is 2.33. The van der Waals surface area contributed by atoms with E-state index in [1.54, 1.807) is 20.3 Å². The van der Waals surface area contributed by atoms with Crippen molar-refractivity contribution in [2.24, 2.45) is 5.73 Å². The first-order valence-corrected chi connectivity index (χ1v) is 7.38. The van der Waals surface area contributed by atoms with E-state index in [4.69, 9.17) is 15.2 Å². The number of aryl methyl sites for hydroxylation is 1. The molecule has 0 heterocycles. The van der Waals surface area contributed by atoms with Gasteiger partial charge in [0.25, 0.3) is 0 Å². The van der Waals surface area contributed by atoms with Crippen molar-refractivity contribution in [1.29, 1.82) is 0 Å². The molecule has 2 aromatic carbocycles. The standard InChI is InChI=1S/C18H22N2O3.ClH/c1-12-9-16(22-2)17(23-3)11-15(12)20-18(21)10-14(19)13-7-5-4-6-8-13;/h4-9,11,14H,10,19H2,1-3H3,(H,20,21);1H. The van der Waals surface area contributed by atoms with Gasteiger partial charge in [0.2, 0.25) is 5.91 Å². The molecule has 0 fully saturated rings. The Morgan fingerprint density at radius 2 is 1.71 bits per heavy atom. The lowest BCUT2D eigenvalue weighted by atomic mass is 10.0. The van der Waals surface area contributed by atoms with Crippen molar-refractivity contribution in [2.75, 3.05) is 19.5 Å². The molecular weight excluding hydrogens is 328 g/mol. The normalized spacial score (nSPS) is 11.2. The molecule has 1 amide bonds. The SMILES string of the molecule is COc1cc(C)c(NC(=O)CC(N)c2ccccc2)cc1OC.Cl. The average molecular weight is 351 g/mol. The Balaban J connectivity index is 0.00000288. The zero-order valence-electron chi connectivity index (χ0n) is 14.0. The Bertz CT molecular complexity index is 677. The van der Waals surface area contributed by atoms with E-state index in [0.29, 0.717) is 17.2 Å². The van der Waals surface area contributed by atoms with E-state index in [0.717, 1.165) is 11.1 Å². The van der Waals surface area contributed by atoms with E-state index in [1.165, 1.54) is 0 Å². The van der Waals surface area contributed by atoms with Crippen LogP contribution in [0.5, 0.6) is 11.5 Å². The maximum absolute atomic E-state index is 12.2. The van der Waals surface area contributed by atoms with Gasteiger partial charge in [0.05, 0.1) is 14.2 Å². The molecule has 2 rings (SSSR count). The summed E-state index contributed by atoms with van der Waals surface area (Å²) in [5, 5.41) is 2.88. The molecule has 130 valence electrons. The van der Waals surface area contributed by atoms with Crippen LogP contribution in [0, 0.1) is 6.92 Å². The minimum absolute atomic E-state index is 0. The highest BCUT2D eigenvalue weighted by molar-refractivity contribution is 5.92. The van der Waals surface area contributed by atoms with E-state index in [9.17, 15) is 4.79 Å². The number of benzene rings is 2. The van der Waals surface area contributed by atoms with Gasteiger partial charge in [0, 0.05) is 24.2 Å². The van der Waals surface area contributed by atoms with Crippen LogP contribution in [0.1, 0.15) is 23.6 Å². The van der Waals surface area contributed by atoms with Crippen LogP contribution < -0.4 is 20.5 Å². The summed E-state index contributed by atoms with van der Waals surface area (Å²) in [7, 11) is 3.14. The first kappa shape index (κ1) is 19.8. The zero-order valence-corrected chi connectivity index (χ0v) is 14.9. The minimum atomic E-state index is -0.336. The molecule has 3 N–H and O–H groups in total. The number of ether oxygens (including phenoxy) is 2. The number of hydrogen-bond donors (Lipinski definition) is 2. The molecule has 0 radical (unpaired) electrons. The van der Waals surface area contributed by atoms with E-state index in [1.807, 2.05) is 43.3 Å². The van der Waals surface area contributed by atoms with Gasteiger partial charge in [-0.3, -0.25) is 4.79 Å². The molecule has 1 atom stereocenters. The van der Waals surface area contributed by atoms with Crippen molar-refractivity contribution in [3.05, 3.63) is 53.6 Å². The van der Waals surface area contributed by atoms with E-state index >= 15 is 0 Å². The molecule has 5 nitrogen and oxygen atoms in total. The third kappa shape index (κ3) is 4.88. The second-order valence-electron chi connectivity index (χ2n) is 5.29. The molecule has 0 aromatic heterocycles. The second-order valence-corrected chi connectivity index (χ2v) is 5.29. The minimum Gasteiger partial charge on any atom is -0.493 e. The molecule has 2 aromatic rings. The number of halogens is 1. The average Bonchev–Trinajstić information content (AvgIpc) is 2.56. The Morgan fingerprint density at radius 1 is 1.12 bits per heavy atom. The summed E-state index contributed by atoms with van der Waals surface area (Å²) in [5.41, 5.74) is 8.60. The Morgan fingerprint density at radius 3 is 2.29 bits per heavy atom. The molecule has 6 heteroatoms. The molecule has 0 aliphatic rings. The van der Waals surface area contributed by atoms with Gasteiger partial charge in [-0.05, 0) is 24.1 Å². The molecule has 0 saturated carbocycles. The van der Waals surface area contributed by atoms with Crippen molar-refractivity contribution in [3.63, 3.8) is 0 Å². The van der Waals surface area contributed by atoms with Crippen molar-refractivity contribution in [2.45, 2.75) is 19.4 Å². The molecular formula is C18H23ClN2O3. The van der Waals surface area contributed by atoms with Crippen LogP contribution in [-0.2, 0) is 4.79 Å². The maximum Gasteiger partial charge on any atom is 0.226 e. The van der Waals surface area contributed by atoms with Gasteiger partial charge in [-0.1, -0.05) is 30.3 Å².